The van der Waals surface area contributed by atoms with Crippen molar-refractivity contribution in [2.45, 2.75) is 12.0 Å². The van der Waals surface area contributed by atoms with Gasteiger partial charge in [-0.3, -0.25) is 9.48 Å². The highest BCUT2D eigenvalue weighted by Crippen LogP contribution is 2.28. The van der Waals surface area contributed by atoms with Crippen molar-refractivity contribution >= 4 is 5.91 Å². The maximum atomic E-state index is 12.4. The van der Waals surface area contributed by atoms with Crippen LogP contribution in [0.3, 0.4) is 0 Å². The molecule has 0 radical (unpaired) electrons. The second kappa shape index (κ2) is 6.78. The number of hydrogen-bond donors (Lipinski definition) is 0. The van der Waals surface area contributed by atoms with Crippen LogP contribution in [0.4, 0.5) is 0 Å². The molecule has 2 heterocycles. The van der Waals surface area contributed by atoms with Crippen molar-refractivity contribution < 1.29 is 14.3 Å². The maximum absolute atomic E-state index is 12.4. The van der Waals surface area contributed by atoms with E-state index in [1.54, 1.807) is 16.7 Å². The number of methoxy groups -OCH3 is 1. The molecule has 0 saturated carbocycles. The fourth-order valence-electron chi connectivity index (χ4n) is 2.79. The minimum atomic E-state index is -0.0765. The molecule has 0 unspecified atom stereocenters. The number of benzene rings is 1. The van der Waals surface area contributed by atoms with Crippen molar-refractivity contribution in [3.05, 3.63) is 42.2 Å². The molecule has 7 heteroatoms. The number of amides is 1. The third kappa shape index (κ3) is 3.50. The Labute approximate surface area is 134 Å². The Balaban J connectivity index is 1.61. The quantitative estimate of drug-likeness (QED) is 0.817. The smallest absolute Gasteiger partial charge is 0.260 e. The van der Waals surface area contributed by atoms with E-state index in [1.165, 1.54) is 0 Å². The Morgan fingerprint density at radius 2 is 2.09 bits per heavy atom. The van der Waals surface area contributed by atoms with E-state index < -0.39 is 0 Å². The Morgan fingerprint density at radius 3 is 2.74 bits per heavy atom. The van der Waals surface area contributed by atoms with Gasteiger partial charge in [-0.05, 0) is 12.1 Å². The molecule has 2 aromatic rings. The van der Waals surface area contributed by atoms with E-state index >= 15 is 0 Å². The van der Waals surface area contributed by atoms with Crippen molar-refractivity contribution in [2.24, 2.45) is 7.05 Å². The molecule has 0 bridgehead atoms. The highest BCUT2D eigenvalue weighted by atomic mass is 16.5. The van der Waals surface area contributed by atoms with Gasteiger partial charge in [0.05, 0.1) is 17.7 Å². The molecule has 0 N–H and O–H groups in total. The van der Waals surface area contributed by atoms with E-state index in [0.717, 1.165) is 5.69 Å². The number of carbonyl (C=O) groups is 1. The van der Waals surface area contributed by atoms with E-state index in [9.17, 15) is 4.79 Å². The number of hydrogen-bond acceptors (Lipinski definition) is 5. The number of aryl methyl sites for hydroxylation is 1. The van der Waals surface area contributed by atoms with Crippen molar-refractivity contribution in [1.82, 2.24) is 19.9 Å². The third-order valence-corrected chi connectivity index (χ3v) is 4.03. The van der Waals surface area contributed by atoms with Gasteiger partial charge < -0.3 is 14.4 Å². The Morgan fingerprint density at radius 1 is 1.30 bits per heavy atom. The first-order valence-electron chi connectivity index (χ1n) is 7.52. The summed E-state index contributed by atoms with van der Waals surface area (Å²) in [6.45, 7) is 1.12. The van der Waals surface area contributed by atoms with Crippen molar-refractivity contribution in [1.29, 1.82) is 0 Å². The van der Waals surface area contributed by atoms with E-state index in [4.69, 9.17) is 9.47 Å². The summed E-state index contributed by atoms with van der Waals surface area (Å²) in [6.07, 6.45) is 1.79. The monoisotopic (exact) mass is 316 g/mol. The lowest BCUT2D eigenvalue weighted by atomic mass is 10.0. The van der Waals surface area contributed by atoms with Crippen LogP contribution in [-0.4, -0.2) is 58.7 Å². The highest BCUT2D eigenvalue weighted by molar-refractivity contribution is 5.78. The molecule has 3 rings (SSSR count). The first kappa shape index (κ1) is 15.5. The lowest BCUT2D eigenvalue weighted by molar-refractivity contribution is -0.132. The molecule has 1 saturated heterocycles. The van der Waals surface area contributed by atoms with Gasteiger partial charge >= 0.3 is 0 Å². The molecule has 2 atom stereocenters. The Kier molecular flexibility index (Phi) is 4.57. The molecule has 23 heavy (non-hydrogen) atoms. The molecule has 0 spiro atoms. The van der Waals surface area contributed by atoms with E-state index in [0.29, 0.717) is 18.8 Å². The van der Waals surface area contributed by atoms with Crippen molar-refractivity contribution in [3.63, 3.8) is 0 Å². The molecular formula is C16H20N4O3. The van der Waals surface area contributed by atoms with Gasteiger partial charge in [0, 0.05) is 33.4 Å². The van der Waals surface area contributed by atoms with Crippen molar-refractivity contribution in [3.8, 4) is 5.75 Å². The third-order valence-electron chi connectivity index (χ3n) is 4.03. The first-order valence-corrected chi connectivity index (χ1v) is 7.52. The Bertz CT molecular complexity index is 658. The predicted molar refractivity (Wildman–Crippen MR) is 83.1 cm³/mol. The van der Waals surface area contributed by atoms with Gasteiger partial charge in [-0.1, -0.05) is 23.4 Å². The van der Waals surface area contributed by atoms with Gasteiger partial charge in [0.15, 0.2) is 6.61 Å². The predicted octanol–water partition coefficient (Wildman–Crippen LogP) is 0.835. The average Bonchev–Trinajstić information content (AvgIpc) is 3.19. The van der Waals surface area contributed by atoms with Crippen LogP contribution < -0.4 is 4.74 Å². The fraction of sp³-hybridized carbons (Fsp3) is 0.438. The van der Waals surface area contributed by atoms with Crippen LogP contribution in [0, 0.1) is 0 Å². The molecule has 1 fully saturated rings. The summed E-state index contributed by atoms with van der Waals surface area (Å²) in [7, 11) is 3.48. The molecule has 122 valence electrons. The number of likely N-dealkylation sites (tertiary alicyclic amines) is 1. The van der Waals surface area contributed by atoms with E-state index in [1.807, 2.05) is 43.6 Å². The van der Waals surface area contributed by atoms with Gasteiger partial charge in [0.2, 0.25) is 0 Å². The van der Waals surface area contributed by atoms with Gasteiger partial charge in [-0.2, -0.15) is 0 Å². The lowest BCUT2D eigenvalue weighted by Crippen LogP contribution is -2.33. The van der Waals surface area contributed by atoms with Gasteiger partial charge in [-0.25, -0.2) is 0 Å². The topological polar surface area (TPSA) is 69.5 Å². The molecular weight excluding hydrogens is 296 g/mol. The summed E-state index contributed by atoms with van der Waals surface area (Å²) in [4.78, 5) is 14.1. The zero-order chi connectivity index (χ0) is 16.2. The normalized spacial score (nSPS) is 20.7. The van der Waals surface area contributed by atoms with Crippen LogP contribution in [0.5, 0.6) is 5.75 Å². The summed E-state index contributed by atoms with van der Waals surface area (Å²) in [5.41, 5.74) is 0.846. The van der Waals surface area contributed by atoms with Gasteiger partial charge in [0.1, 0.15) is 5.75 Å². The minimum Gasteiger partial charge on any atom is -0.484 e. The number of para-hydroxylation sites is 1. The second-order valence-corrected chi connectivity index (χ2v) is 5.60. The highest BCUT2D eigenvalue weighted by Gasteiger charge is 2.37. The largest absolute Gasteiger partial charge is 0.484 e. The van der Waals surface area contributed by atoms with E-state index in [2.05, 4.69) is 10.3 Å². The standard InChI is InChI=1S/C16H20N4O3/c1-19-9-14(17-18-19)13-8-20(10-15(13)22-2)16(21)11-23-12-6-4-3-5-7-12/h3-7,9,13,15H,8,10-11H2,1-2H3/t13-,15+/m0/s1. The summed E-state index contributed by atoms with van der Waals surface area (Å²) in [5, 5.41) is 8.11. The number of aromatic nitrogens is 3. The maximum Gasteiger partial charge on any atom is 0.260 e. The Hall–Kier alpha value is -2.41. The number of ether oxygens (including phenoxy) is 2. The van der Waals surface area contributed by atoms with Gasteiger partial charge in [0.25, 0.3) is 5.91 Å². The molecule has 1 amide bonds. The molecule has 1 aliphatic heterocycles. The number of carbonyl (C=O) groups excluding carboxylic acids is 1. The second-order valence-electron chi connectivity index (χ2n) is 5.60. The fourth-order valence-corrected chi connectivity index (χ4v) is 2.79. The minimum absolute atomic E-state index is 0.0215. The summed E-state index contributed by atoms with van der Waals surface area (Å²) in [5.74, 6) is 0.672. The average molecular weight is 316 g/mol. The summed E-state index contributed by atoms with van der Waals surface area (Å²) < 4.78 is 12.7. The summed E-state index contributed by atoms with van der Waals surface area (Å²) >= 11 is 0. The van der Waals surface area contributed by atoms with Gasteiger partial charge in [-0.15, -0.1) is 5.10 Å². The number of nitrogens with zero attached hydrogens (tertiary/aromatic N) is 4. The molecule has 7 nitrogen and oxygen atoms in total. The van der Waals surface area contributed by atoms with Crippen molar-refractivity contribution in [2.75, 3.05) is 26.8 Å². The first-order chi connectivity index (χ1) is 11.2. The zero-order valence-corrected chi connectivity index (χ0v) is 13.3. The molecule has 1 aromatic heterocycles. The summed E-state index contributed by atoms with van der Waals surface area (Å²) in [6, 6.07) is 9.32. The van der Waals surface area contributed by atoms with Crippen LogP contribution in [-0.2, 0) is 16.6 Å². The van der Waals surface area contributed by atoms with E-state index in [-0.39, 0.29) is 24.5 Å². The number of rotatable bonds is 5. The van der Waals surface area contributed by atoms with Crippen LogP contribution in [0.2, 0.25) is 0 Å². The lowest BCUT2D eigenvalue weighted by Gasteiger charge is -2.16. The van der Waals surface area contributed by atoms with Crippen LogP contribution >= 0.6 is 0 Å². The molecule has 1 aliphatic rings. The molecule has 0 aliphatic carbocycles. The van der Waals surface area contributed by atoms with Crippen LogP contribution in [0.25, 0.3) is 0 Å². The molecule has 1 aromatic carbocycles. The zero-order valence-electron chi connectivity index (χ0n) is 13.3. The SMILES string of the molecule is CO[C@@H]1CN(C(=O)COc2ccccc2)C[C@H]1c1cn(C)nn1. The van der Waals surface area contributed by atoms with Crippen LogP contribution in [0.15, 0.2) is 36.5 Å². The van der Waals surface area contributed by atoms with Crippen LogP contribution in [0.1, 0.15) is 11.6 Å².